The first kappa shape index (κ1) is 23.3. The third-order valence-corrected chi connectivity index (χ3v) is 5.88. The van der Waals surface area contributed by atoms with Crippen molar-refractivity contribution >= 4 is 17.7 Å². The Morgan fingerprint density at radius 2 is 1.75 bits per heavy atom. The van der Waals surface area contributed by atoms with Crippen molar-refractivity contribution < 1.29 is 28.5 Å². The summed E-state index contributed by atoms with van der Waals surface area (Å²) < 4.78 is 21.4. The van der Waals surface area contributed by atoms with E-state index < -0.39 is 23.1 Å². The van der Waals surface area contributed by atoms with Crippen molar-refractivity contribution in [3.8, 4) is 17.2 Å². The van der Waals surface area contributed by atoms with E-state index in [4.69, 9.17) is 18.6 Å². The number of aromatic hydroxyl groups is 1. The Labute approximate surface area is 189 Å². The van der Waals surface area contributed by atoms with E-state index in [1.807, 2.05) is 30.3 Å². The highest BCUT2D eigenvalue weighted by atomic mass is 32.2. The van der Waals surface area contributed by atoms with Crippen LogP contribution in [-0.4, -0.2) is 32.4 Å². The van der Waals surface area contributed by atoms with Crippen LogP contribution in [0.4, 0.5) is 0 Å². The van der Waals surface area contributed by atoms with Crippen LogP contribution in [0.15, 0.2) is 68.7 Å². The molecule has 2 aromatic carbocycles. The molecule has 32 heavy (non-hydrogen) atoms. The second-order valence-electron chi connectivity index (χ2n) is 6.84. The van der Waals surface area contributed by atoms with Gasteiger partial charge in [0, 0.05) is 11.0 Å². The summed E-state index contributed by atoms with van der Waals surface area (Å²) in [6.45, 7) is 0. The number of hydrogen-bond donors (Lipinski definition) is 1. The molecule has 1 aromatic heterocycles. The summed E-state index contributed by atoms with van der Waals surface area (Å²) in [5.74, 6) is -0.117. The summed E-state index contributed by atoms with van der Waals surface area (Å²) >= 11 is 1.49. The van der Waals surface area contributed by atoms with Crippen molar-refractivity contribution in [3.63, 3.8) is 0 Å². The Hall–Kier alpha value is -3.39. The van der Waals surface area contributed by atoms with Crippen LogP contribution in [0.5, 0.6) is 17.2 Å². The smallest absolute Gasteiger partial charge is 0.306 e. The van der Waals surface area contributed by atoms with Crippen LogP contribution in [0.3, 0.4) is 0 Å². The molecule has 0 aliphatic heterocycles. The molecule has 1 heterocycles. The van der Waals surface area contributed by atoms with Gasteiger partial charge in [0.25, 0.3) is 0 Å². The Bertz CT molecular complexity index is 1120. The Balaban J connectivity index is 2.03. The van der Waals surface area contributed by atoms with E-state index in [-0.39, 0.29) is 12.2 Å². The zero-order valence-electron chi connectivity index (χ0n) is 18.0. The van der Waals surface area contributed by atoms with Gasteiger partial charge in [-0.2, -0.15) is 0 Å². The molecule has 8 heteroatoms. The molecule has 0 saturated carbocycles. The Morgan fingerprint density at radius 1 is 1.03 bits per heavy atom. The molecule has 1 atom stereocenters. The minimum atomic E-state index is -0.767. The topological polar surface area (TPSA) is 95.2 Å². The maximum Gasteiger partial charge on any atom is 0.306 e. The highest BCUT2D eigenvalue weighted by Crippen LogP contribution is 2.38. The number of ether oxygens (including phenoxy) is 3. The van der Waals surface area contributed by atoms with Gasteiger partial charge in [-0.3, -0.25) is 9.59 Å². The van der Waals surface area contributed by atoms with Crippen LogP contribution in [-0.2, 0) is 15.3 Å². The van der Waals surface area contributed by atoms with Crippen molar-refractivity contribution in [2.75, 3.05) is 21.3 Å². The van der Waals surface area contributed by atoms with Gasteiger partial charge in [0.05, 0.1) is 39.4 Å². The van der Waals surface area contributed by atoms with Crippen LogP contribution < -0.4 is 14.9 Å². The quantitative estimate of drug-likeness (QED) is 0.375. The van der Waals surface area contributed by atoms with Gasteiger partial charge in [-0.15, -0.1) is 11.8 Å². The molecule has 0 aliphatic carbocycles. The highest BCUT2D eigenvalue weighted by Gasteiger charge is 2.27. The van der Waals surface area contributed by atoms with Crippen molar-refractivity contribution in [1.82, 2.24) is 0 Å². The molecule has 168 valence electrons. The number of thioether (sulfide) groups is 1. The van der Waals surface area contributed by atoms with Crippen molar-refractivity contribution in [3.05, 3.63) is 81.9 Å². The van der Waals surface area contributed by atoms with Gasteiger partial charge in [0.15, 0.2) is 17.3 Å². The fourth-order valence-corrected chi connectivity index (χ4v) is 4.02. The molecular formula is C24H24O7S. The molecule has 0 amide bonds. The summed E-state index contributed by atoms with van der Waals surface area (Å²) in [7, 11) is 4.29. The second-order valence-corrected chi connectivity index (χ2v) is 7.89. The lowest BCUT2D eigenvalue weighted by atomic mass is 9.92. The highest BCUT2D eigenvalue weighted by molar-refractivity contribution is 7.98. The number of esters is 1. The minimum absolute atomic E-state index is 0.00113. The molecule has 0 saturated heterocycles. The normalized spacial score (nSPS) is 11.6. The number of methoxy groups -OCH3 is 3. The number of hydrogen-bond acceptors (Lipinski definition) is 8. The summed E-state index contributed by atoms with van der Waals surface area (Å²) in [5.41, 5.74) is 0.0182. The standard InChI is InChI=1S/C24H24O7S/c1-28-20-10-9-15(11-21(20)29-2)18(13-22(26)30-3)24-23(27)19(25)12-16(31-24)14-32-17-7-5-4-6-8-17/h4-12,18,27H,13-14H2,1-3H3/t18-/m1/s1. The first-order valence-electron chi connectivity index (χ1n) is 9.79. The number of carbonyl (C=O) groups is 1. The summed E-state index contributed by atoms with van der Waals surface area (Å²) in [6, 6.07) is 16.0. The van der Waals surface area contributed by atoms with Crippen molar-refractivity contribution in [2.24, 2.45) is 0 Å². The van der Waals surface area contributed by atoms with Crippen molar-refractivity contribution in [1.29, 1.82) is 0 Å². The second kappa shape index (κ2) is 10.8. The van der Waals surface area contributed by atoms with E-state index in [0.29, 0.717) is 28.6 Å². The number of benzene rings is 2. The Morgan fingerprint density at radius 3 is 2.41 bits per heavy atom. The first-order chi connectivity index (χ1) is 15.5. The van der Waals surface area contributed by atoms with Crippen LogP contribution >= 0.6 is 11.8 Å². The SMILES string of the molecule is COC(=O)C[C@H](c1ccc(OC)c(OC)c1)c1oc(CSc2ccccc2)cc(=O)c1O. The van der Waals surface area contributed by atoms with Gasteiger partial charge < -0.3 is 23.7 Å². The van der Waals surface area contributed by atoms with Gasteiger partial charge in [-0.25, -0.2) is 0 Å². The van der Waals surface area contributed by atoms with E-state index >= 15 is 0 Å². The van der Waals surface area contributed by atoms with E-state index in [2.05, 4.69) is 0 Å². The molecule has 3 aromatic rings. The predicted molar refractivity (Wildman–Crippen MR) is 121 cm³/mol. The fraction of sp³-hybridized carbons (Fsp3) is 0.250. The minimum Gasteiger partial charge on any atom is -0.502 e. The van der Waals surface area contributed by atoms with E-state index in [1.165, 1.54) is 39.2 Å². The van der Waals surface area contributed by atoms with Gasteiger partial charge in [0.1, 0.15) is 5.76 Å². The number of carbonyl (C=O) groups excluding carboxylic acids is 1. The third kappa shape index (κ3) is 5.45. The lowest BCUT2D eigenvalue weighted by Gasteiger charge is -2.19. The first-order valence-corrected chi connectivity index (χ1v) is 10.8. The summed E-state index contributed by atoms with van der Waals surface area (Å²) in [6.07, 6.45) is -0.141. The number of rotatable bonds is 9. The van der Waals surface area contributed by atoms with E-state index in [9.17, 15) is 14.7 Å². The molecule has 1 N–H and O–H groups in total. The molecule has 0 unspecified atom stereocenters. The van der Waals surface area contributed by atoms with Gasteiger partial charge in [0.2, 0.25) is 11.2 Å². The molecule has 7 nitrogen and oxygen atoms in total. The summed E-state index contributed by atoms with van der Waals surface area (Å²) in [5, 5.41) is 10.5. The fourth-order valence-electron chi connectivity index (χ4n) is 3.21. The average Bonchev–Trinajstić information content (AvgIpc) is 2.83. The lowest BCUT2D eigenvalue weighted by molar-refractivity contribution is -0.140. The maximum atomic E-state index is 12.5. The molecular weight excluding hydrogens is 432 g/mol. The molecule has 0 radical (unpaired) electrons. The van der Waals surface area contributed by atoms with Crippen molar-refractivity contribution in [2.45, 2.75) is 23.0 Å². The van der Waals surface area contributed by atoms with E-state index in [0.717, 1.165) is 4.90 Å². The van der Waals surface area contributed by atoms with Crippen LogP contribution in [0.25, 0.3) is 0 Å². The van der Waals surface area contributed by atoms with E-state index in [1.54, 1.807) is 18.2 Å². The van der Waals surface area contributed by atoms with Gasteiger partial charge in [-0.05, 0) is 29.8 Å². The largest absolute Gasteiger partial charge is 0.502 e. The molecule has 0 bridgehead atoms. The summed E-state index contributed by atoms with van der Waals surface area (Å²) in [4.78, 5) is 25.7. The molecule has 3 rings (SSSR count). The third-order valence-electron chi connectivity index (χ3n) is 4.85. The van der Waals surface area contributed by atoms with Crippen LogP contribution in [0, 0.1) is 0 Å². The molecule has 0 spiro atoms. The average molecular weight is 457 g/mol. The Kier molecular flexibility index (Phi) is 7.83. The van der Waals surface area contributed by atoms with Crippen LogP contribution in [0.2, 0.25) is 0 Å². The lowest BCUT2D eigenvalue weighted by Crippen LogP contribution is -2.14. The molecule has 0 aliphatic rings. The predicted octanol–water partition coefficient (Wildman–Crippen LogP) is 4.35. The van der Waals surface area contributed by atoms with Crippen LogP contribution in [0.1, 0.15) is 29.4 Å². The maximum absolute atomic E-state index is 12.5. The monoisotopic (exact) mass is 456 g/mol. The zero-order valence-corrected chi connectivity index (χ0v) is 18.8. The zero-order chi connectivity index (χ0) is 23.1. The van der Waals surface area contributed by atoms with Gasteiger partial charge >= 0.3 is 5.97 Å². The van der Waals surface area contributed by atoms with Gasteiger partial charge in [-0.1, -0.05) is 24.3 Å². The molecule has 0 fully saturated rings.